The zero-order valence-electron chi connectivity index (χ0n) is 12.0. The number of amides is 1. The van der Waals surface area contributed by atoms with Crippen LogP contribution in [-0.4, -0.2) is 31.0 Å². The molecule has 0 aliphatic rings. The molecule has 1 aromatic heterocycles. The fraction of sp³-hybridized carbons (Fsp3) is 0.286. The van der Waals surface area contributed by atoms with Gasteiger partial charge in [0.1, 0.15) is 16.3 Å². The third-order valence-electron chi connectivity index (χ3n) is 3.03. The van der Waals surface area contributed by atoms with Crippen molar-refractivity contribution < 1.29 is 9.53 Å². The SMILES string of the molecule is CNC(=O)c1c(N)nsc1NCCc1ccc(OC)cc1. The molecule has 0 saturated heterocycles. The van der Waals surface area contributed by atoms with Gasteiger partial charge in [-0.15, -0.1) is 0 Å². The first-order valence-corrected chi connectivity index (χ1v) is 7.27. The minimum atomic E-state index is -0.229. The van der Waals surface area contributed by atoms with Crippen LogP contribution in [0.2, 0.25) is 0 Å². The van der Waals surface area contributed by atoms with Crippen molar-refractivity contribution in [3.8, 4) is 5.75 Å². The normalized spacial score (nSPS) is 10.2. The molecule has 7 heteroatoms. The van der Waals surface area contributed by atoms with Crippen molar-refractivity contribution in [3.05, 3.63) is 35.4 Å². The van der Waals surface area contributed by atoms with Gasteiger partial charge in [-0.05, 0) is 35.6 Å². The minimum absolute atomic E-state index is 0.229. The highest BCUT2D eigenvalue weighted by Gasteiger charge is 2.17. The molecule has 0 aliphatic heterocycles. The van der Waals surface area contributed by atoms with E-state index in [4.69, 9.17) is 10.5 Å². The van der Waals surface area contributed by atoms with Gasteiger partial charge in [-0.3, -0.25) is 4.79 Å². The second-order valence-electron chi connectivity index (χ2n) is 4.38. The number of hydrogen-bond donors (Lipinski definition) is 3. The molecule has 2 aromatic rings. The maximum atomic E-state index is 11.7. The zero-order chi connectivity index (χ0) is 15.2. The Bertz CT molecular complexity index is 610. The lowest BCUT2D eigenvalue weighted by Crippen LogP contribution is -2.20. The molecule has 0 aliphatic carbocycles. The molecule has 0 unspecified atom stereocenters. The molecule has 1 amide bonds. The molecule has 0 spiro atoms. The van der Waals surface area contributed by atoms with E-state index in [2.05, 4.69) is 15.0 Å². The van der Waals surface area contributed by atoms with Crippen molar-refractivity contribution in [3.63, 3.8) is 0 Å². The monoisotopic (exact) mass is 306 g/mol. The highest BCUT2D eigenvalue weighted by atomic mass is 32.1. The molecule has 6 nitrogen and oxygen atoms in total. The van der Waals surface area contributed by atoms with Gasteiger partial charge < -0.3 is 21.1 Å². The summed E-state index contributed by atoms with van der Waals surface area (Å²) in [6, 6.07) is 7.88. The molecule has 1 aromatic carbocycles. The second kappa shape index (κ2) is 6.94. The van der Waals surface area contributed by atoms with Crippen LogP contribution in [0.5, 0.6) is 5.75 Å². The number of methoxy groups -OCH3 is 1. The number of nitrogens with one attached hydrogen (secondary N) is 2. The summed E-state index contributed by atoms with van der Waals surface area (Å²) in [6.07, 6.45) is 0.828. The summed E-state index contributed by atoms with van der Waals surface area (Å²) >= 11 is 1.19. The van der Waals surface area contributed by atoms with Crippen molar-refractivity contribution in [2.75, 3.05) is 31.8 Å². The second-order valence-corrected chi connectivity index (χ2v) is 5.15. The number of nitrogens with two attached hydrogens (primary N) is 1. The summed E-state index contributed by atoms with van der Waals surface area (Å²) in [5.41, 5.74) is 7.31. The third-order valence-corrected chi connectivity index (χ3v) is 3.85. The molecule has 4 N–H and O–H groups in total. The third kappa shape index (κ3) is 3.63. The fourth-order valence-electron chi connectivity index (χ4n) is 1.88. The van der Waals surface area contributed by atoms with Crippen molar-refractivity contribution >= 4 is 28.3 Å². The molecular weight excluding hydrogens is 288 g/mol. The van der Waals surface area contributed by atoms with Crippen LogP contribution in [0.3, 0.4) is 0 Å². The van der Waals surface area contributed by atoms with Crippen LogP contribution in [0, 0.1) is 0 Å². The Morgan fingerprint density at radius 3 is 2.71 bits per heavy atom. The Hall–Kier alpha value is -2.28. The lowest BCUT2D eigenvalue weighted by molar-refractivity contribution is 0.0965. The number of rotatable bonds is 6. The number of ether oxygens (including phenoxy) is 1. The first-order valence-electron chi connectivity index (χ1n) is 6.49. The van der Waals surface area contributed by atoms with Crippen LogP contribution in [0.1, 0.15) is 15.9 Å². The Morgan fingerprint density at radius 2 is 2.10 bits per heavy atom. The van der Waals surface area contributed by atoms with E-state index in [9.17, 15) is 4.79 Å². The first-order chi connectivity index (χ1) is 10.2. The van der Waals surface area contributed by atoms with E-state index in [0.29, 0.717) is 17.1 Å². The molecule has 1 heterocycles. The summed E-state index contributed by atoms with van der Waals surface area (Å²) in [5, 5.41) is 6.47. The Labute approximate surface area is 127 Å². The lowest BCUT2D eigenvalue weighted by Gasteiger charge is -2.07. The Balaban J connectivity index is 1.95. The van der Waals surface area contributed by atoms with E-state index in [-0.39, 0.29) is 11.7 Å². The van der Waals surface area contributed by atoms with Crippen molar-refractivity contribution in [2.45, 2.75) is 6.42 Å². The van der Waals surface area contributed by atoms with Crippen molar-refractivity contribution in [1.29, 1.82) is 0 Å². The molecule has 0 saturated carbocycles. The Kier molecular flexibility index (Phi) is 4.99. The van der Waals surface area contributed by atoms with Gasteiger partial charge >= 0.3 is 0 Å². The van der Waals surface area contributed by atoms with Gasteiger partial charge in [0.15, 0.2) is 5.82 Å². The number of carbonyl (C=O) groups is 1. The average molecular weight is 306 g/mol. The summed E-state index contributed by atoms with van der Waals surface area (Å²) in [7, 11) is 3.21. The number of nitrogen functional groups attached to an aromatic ring is 1. The Morgan fingerprint density at radius 1 is 1.38 bits per heavy atom. The van der Waals surface area contributed by atoms with Gasteiger partial charge in [-0.2, -0.15) is 4.37 Å². The van der Waals surface area contributed by atoms with Crippen LogP contribution >= 0.6 is 11.5 Å². The quantitative estimate of drug-likeness (QED) is 0.756. The standard InChI is InChI=1S/C14H18N4O2S/c1-16-13(19)11-12(15)18-21-14(11)17-8-7-9-3-5-10(20-2)6-4-9/h3-6,17H,7-8H2,1-2H3,(H2,15,18)(H,16,19). The van der Waals surface area contributed by atoms with Crippen LogP contribution in [0.4, 0.5) is 10.8 Å². The van der Waals surface area contributed by atoms with E-state index < -0.39 is 0 Å². The summed E-state index contributed by atoms with van der Waals surface area (Å²) in [6.45, 7) is 0.692. The number of hydrogen-bond acceptors (Lipinski definition) is 6. The van der Waals surface area contributed by atoms with E-state index in [1.54, 1.807) is 14.2 Å². The number of carbonyl (C=O) groups excluding carboxylic acids is 1. The van der Waals surface area contributed by atoms with Gasteiger partial charge in [0, 0.05) is 13.6 Å². The van der Waals surface area contributed by atoms with E-state index in [1.165, 1.54) is 17.1 Å². The molecule has 0 fully saturated rings. The fourth-order valence-corrected chi connectivity index (χ4v) is 2.62. The van der Waals surface area contributed by atoms with Crippen LogP contribution < -0.4 is 21.1 Å². The van der Waals surface area contributed by atoms with Gasteiger partial charge in [-0.1, -0.05) is 12.1 Å². The largest absolute Gasteiger partial charge is 0.497 e. The smallest absolute Gasteiger partial charge is 0.257 e. The van der Waals surface area contributed by atoms with Crippen LogP contribution in [-0.2, 0) is 6.42 Å². The number of nitrogens with zero attached hydrogens (tertiary/aromatic N) is 1. The van der Waals surface area contributed by atoms with Gasteiger partial charge in [0.2, 0.25) is 0 Å². The van der Waals surface area contributed by atoms with E-state index in [1.807, 2.05) is 24.3 Å². The molecule has 0 bridgehead atoms. The summed E-state index contributed by atoms with van der Waals surface area (Å²) in [4.78, 5) is 11.7. The molecule has 21 heavy (non-hydrogen) atoms. The number of benzene rings is 1. The highest BCUT2D eigenvalue weighted by molar-refractivity contribution is 7.11. The zero-order valence-corrected chi connectivity index (χ0v) is 12.8. The summed E-state index contributed by atoms with van der Waals surface area (Å²) < 4.78 is 9.13. The number of aromatic nitrogens is 1. The maximum Gasteiger partial charge on any atom is 0.257 e. The molecule has 0 radical (unpaired) electrons. The van der Waals surface area contributed by atoms with Crippen molar-refractivity contribution in [1.82, 2.24) is 9.69 Å². The summed E-state index contributed by atoms with van der Waals surface area (Å²) in [5.74, 6) is 0.864. The van der Waals surface area contributed by atoms with Gasteiger partial charge in [0.05, 0.1) is 7.11 Å². The van der Waals surface area contributed by atoms with E-state index in [0.717, 1.165) is 12.2 Å². The average Bonchev–Trinajstić information content (AvgIpc) is 2.88. The van der Waals surface area contributed by atoms with Gasteiger partial charge in [-0.25, -0.2) is 0 Å². The van der Waals surface area contributed by atoms with Crippen molar-refractivity contribution in [2.24, 2.45) is 0 Å². The molecule has 112 valence electrons. The lowest BCUT2D eigenvalue weighted by atomic mass is 10.1. The molecule has 0 atom stereocenters. The van der Waals surface area contributed by atoms with Crippen LogP contribution in [0.15, 0.2) is 24.3 Å². The number of anilines is 2. The predicted molar refractivity (Wildman–Crippen MR) is 85.1 cm³/mol. The topological polar surface area (TPSA) is 89.3 Å². The minimum Gasteiger partial charge on any atom is -0.497 e. The van der Waals surface area contributed by atoms with Gasteiger partial charge in [0.25, 0.3) is 5.91 Å². The predicted octanol–water partition coefficient (Wildman–Crippen LogP) is 1.75. The molecular formula is C14H18N4O2S. The first kappa shape index (κ1) is 15.1. The highest BCUT2D eigenvalue weighted by Crippen LogP contribution is 2.26. The maximum absolute atomic E-state index is 11.7. The van der Waals surface area contributed by atoms with Crippen LogP contribution in [0.25, 0.3) is 0 Å². The molecule has 2 rings (SSSR count). The van der Waals surface area contributed by atoms with E-state index >= 15 is 0 Å².